The molecule has 0 bridgehead atoms. The van der Waals surface area contributed by atoms with Gasteiger partial charge in [0.1, 0.15) is 12.4 Å². The summed E-state index contributed by atoms with van der Waals surface area (Å²) in [6, 6.07) is 20.4. The average Bonchev–Trinajstić information content (AvgIpc) is 2.78. The maximum Gasteiger partial charge on any atom is 0.275 e. The summed E-state index contributed by atoms with van der Waals surface area (Å²) < 4.78 is 17.3. The van der Waals surface area contributed by atoms with Crippen LogP contribution in [0, 0.1) is 0 Å². The van der Waals surface area contributed by atoms with E-state index in [1.807, 2.05) is 36.4 Å². The SMILES string of the molecule is COc1ccccc1C(=O)N/N=C/c1cc(Br)c(OCc2ccccc2)c(OC)c1. The van der Waals surface area contributed by atoms with Crippen molar-refractivity contribution >= 4 is 28.1 Å². The Balaban J connectivity index is 1.70. The number of benzene rings is 3. The summed E-state index contributed by atoms with van der Waals surface area (Å²) in [6.45, 7) is 0.415. The van der Waals surface area contributed by atoms with E-state index in [-0.39, 0.29) is 5.91 Å². The number of hydrogen-bond acceptors (Lipinski definition) is 5. The lowest BCUT2D eigenvalue weighted by Gasteiger charge is -2.13. The monoisotopic (exact) mass is 468 g/mol. The fourth-order valence-corrected chi connectivity index (χ4v) is 3.32. The molecule has 3 rings (SSSR count). The molecule has 1 amide bonds. The third-order valence-corrected chi connectivity index (χ3v) is 4.80. The smallest absolute Gasteiger partial charge is 0.275 e. The highest BCUT2D eigenvalue weighted by Crippen LogP contribution is 2.36. The van der Waals surface area contributed by atoms with Crippen molar-refractivity contribution in [2.75, 3.05) is 14.2 Å². The Labute approximate surface area is 183 Å². The van der Waals surface area contributed by atoms with Crippen molar-refractivity contribution in [1.29, 1.82) is 0 Å². The Bertz CT molecular complexity index is 1040. The van der Waals surface area contributed by atoms with E-state index in [4.69, 9.17) is 14.2 Å². The molecule has 0 aliphatic rings. The molecule has 3 aromatic rings. The molecule has 0 fully saturated rings. The summed E-state index contributed by atoms with van der Waals surface area (Å²) in [7, 11) is 3.09. The quantitative estimate of drug-likeness (QED) is 0.380. The lowest BCUT2D eigenvalue weighted by Crippen LogP contribution is -2.18. The summed E-state index contributed by atoms with van der Waals surface area (Å²) in [5, 5.41) is 4.04. The first kappa shape index (κ1) is 21.4. The first-order chi connectivity index (χ1) is 14.6. The molecule has 7 heteroatoms. The fraction of sp³-hybridized carbons (Fsp3) is 0.130. The van der Waals surface area contributed by atoms with Crippen molar-refractivity contribution in [1.82, 2.24) is 5.43 Å². The number of hydrazone groups is 1. The van der Waals surface area contributed by atoms with Crippen LogP contribution in [0.25, 0.3) is 0 Å². The van der Waals surface area contributed by atoms with Crippen molar-refractivity contribution in [2.45, 2.75) is 6.61 Å². The second-order valence-corrected chi connectivity index (χ2v) is 7.06. The van der Waals surface area contributed by atoms with Crippen LogP contribution in [-0.4, -0.2) is 26.3 Å². The molecule has 154 valence electrons. The molecule has 0 aliphatic carbocycles. The lowest BCUT2D eigenvalue weighted by atomic mass is 10.2. The van der Waals surface area contributed by atoms with Crippen LogP contribution in [0.1, 0.15) is 21.5 Å². The number of ether oxygens (including phenoxy) is 3. The summed E-state index contributed by atoms with van der Waals surface area (Å²) >= 11 is 3.52. The zero-order valence-electron chi connectivity index (χ0n) is 16.6. The van der Waals surface area contributed by atoms with Crippen molar-refractivity contribution in [3.8, 4) is 17.2 Å². The molecule has 0 saturated heterocycles. The van der Waals surface area contributed by atoms with E-state index in [0.29, 0.717) is 29.4 Å². The highest BCUT2D eigenvalue weighted by atomic mass is 79.9. The van der Waals surface area contributed by atoms with Gasteiger partial charge < -0.3 is 14.2 Å². The topological polar surface area (TPSA) is 69.2 Å². The molecule has 0 aliphatic heterocycles. The number of rotatable bonds is 8. The van der Waals surface area contributed by atoms with Crippen molar-refractivity contribution in [3.05, 3.63) is 87.9 Å². The van der Waals surface area contributed by atoms with E-state index in [1.54, 1.807) is 37.4 Å². The number of methoxy groups -OCH3 is 2. The van der Waals surface area contributed by atoms with Gasteiger partial charge in [0, 0.05) is 0 Å². The van der Waals surface area contributed by atoms with Gasteiger partial charge in [0.25, 0.3) is 5.91 Å². The minimum atomic E-state index is -0.363. The minimum Gasteiger partial charge on any atom is -0.496 e. The van der Waals surface area contributed by atoms with Crippen molar-refractivity contribution in [3.63, 3.8) is 0 Å². The molecule has 0 atom stereocenters. The van der Waals surface area contributed by atoms with Gasteiger partial charge in [-0.25, -0.2) is 5.43 Å². The standard InChI is InChI=1S/C23H21BrN2O4/c1-28-20-11-7-6-10-18(20)23(27)26-25-14-17-12-19(24)22(21(13-17)29-2)30-15-16-8-4-3-5-9-16/h3-14H,15H2,1-2H3,(H,26,27)/b25-14+. The van der Waals surface area contributed by atoms with Gasteiger partial charge in [0.05, 0.1) is 30.5 Å². The molecular formula is C23H21BrN2O4. The van der Waals surface area contributed by atoms with Gasteiger partial charge in [-0.15, -0.1) is 0 Å². The molecule has 0 heterocycles. The van der Waals surface area contributed by atoms with Gasteiger partial charge in [-0.1, -0.05) is 42.5 Å². The van der Waals surface area contributed by atoms with Crippen LogP contribution in [0.5, 0.6) is 17.2 Å². The number of carbonyl (C=O) groups excluding carboxylic acids is 1. The summed E-state index contributed by atoms with van der Waals surface area (Å²) in [5.41, 5.74) is 4.69. The van der Waals surface area contributed by atoms with Gasteiger partial charge in [-0.3, -0.25) is 4.79 Å². The predicted molar refractivity (Wildman–Crippen MR) is 120 cm³/mol. The molecule has 3 aromatic carbocycles. The first-order valence-electron chi connectivity index (χ1n) is 9.13. The Morgan fingerprint density at radius 3 is 2.43 bits per heavy atom. The van der Waals surface area contributed by atoms with Crippen molar-refractivity contribution in [2.24, 2.45) is 5.10 Å². The molecule has 30 heavy (non-hydrogen) atoms. The molecule has 0 aromatic heterocycles. The maximum absolute atomic E-state index is 12.3. The average molecular weight is 469 g/mol. The summed E-state index contributed by atoms with van der Waals surface area (Å²) in [6.07, 6.45) is 1.53. The maximum atomic E-state index is 12.3. The number of halogens is 1. The molecule has 1 N–H and O–H groups in total. The zero-order chi connectivity index (χ0) is 21.3. The van der Waals surface area contributed by atoms with Crippen LogP contribution in [-0.2, 0) is 6.61 Å². The number of nitrogens with one attached hydrogen (secondary N) is 1. The highest BCUT2D eigenvalue weighted by molar-refractivity contribution is 9.10. The molecule has 6 nitrogen and oxygen atoms in total. The molecular weight excluding hydrogens is 448 g/mol. The minimum absolute atomic E-state index is 0.363. The van der Waals surface area contributed by atoms with E-state index in [2.05, 4.69) is 26.5 Å². The number of carbonyl (C=O) groups is 1. The summed E-state index contributed by atoms with van der Waals surface area (Å²) in [4.78, 5) is 12.3. The molecule has 0 spiro atoms. The first-order valence-corrected chi connectivity index (χ1v) is 9.92. The van der Waals surface area contributed by atoms with Crippen LogP contribution in [0.4, 0.5) is 0 Å². The second-order valence-electron chi connectivity index (χ2n) is 6.21. The normalized spacial score (nSPS) is 10.6. The lowest BCUT2D eigenvalue weighted by molar-refractivity contribution is 0.0952. The molecule has 0 unspecified atom stereocenters. The van der Waals surface area contributed by atoms with Crippen LogP contribution < -0.4 is 19.6 Å². The molecule has 0 radical (unpaired) electrons. The third-order valence-electron chi connectivity index (χ3n) is 4.21. The Morgan fingerprint density at radius 2 is 1.70 bits per heavy atom. The van der Waals surface area contributed by atoms with E-state index < -0.39 is 0 Å². The third kappa shape index (κ3) is 5.39. The van der Waals surface area contributed by atoms with E-state index in [0.717, 1.165) is 15.6 Å². The van der Waals surface area contributed by atoms with E-state index in [9.17, 15) is 4.79 Å². The molecule has 0 saturated carbocycles. The predicted octanol–water partition coefficient (Wildman–Crippen LogP) is 4.81. The summed E-state index contributed by atoms with van der Waals surface area (Å²) in [5.74, 6) is 1.27. The Morgan fingerprint density at radius 1 is 1.00 bits per heavy atom. The number of nitrogens with zero attached hydrogens (tertiary/aromatic N) is 1. The van der Waals surface area contributed by atoms with Crippen molar-refractivity contribution < 1.29 is 19.0 Å². The van der Waals surface area contributed by atoms with Gasteiger partial charge in [-0.2, -0.15) is 5.10 Å². The van der Waals surface area contributed by atoms with Crippen LogP contribution in [0.2, 0.25) is 0 Å². The van der Waals surface area contributed by atoms with E-state index >= 15 is 0 Å². The Hall–Kier alpha value is -3.32. The van der Waals surface area contributed by atoms with Crippen LogP contribution in [0.3, 0.4) is 0 Å². The van der Waals surface area contributed by atoms with Gasteiger partial charge in [-0.05, 0) is 51.3 Å². The number of hydrogen-bond donors (Lipinski definition) is 1. The second kappa shape index (κ2) is 10.5. The van der Waals surface area contributed by atoms with Gasteiger partial charge in [0.2, 0.25) is 0 Å². The number of amides is 1. The van der Waals surface area contributed by atoms with Gasteiger partial charge in [0.15, 0.2) is 11.5 Å². The largest absolute Gasteiger partial charge is 0.496 e. The van der Waals surface area contributed by atoms with Crippen LogP contribution in [0.15, 0.2) is 76.3 Å². The zero-order valence-corrected chi connectivity index (χ0v) is 18.2. The van der Waals surface area contributed by atoms with E-state index in [1.165, 1.54) is 13.3 Å². The fourth-order valence-electron chi connectivity index (χ4n) is 2.74. The Kier molecular flexibility index (Phi) is 7.45. The van der Waals surface area contributed by atoms with Gasteiger partial charge >= 0.3 is 0 Å². The highest BCUT2D eigenvalue weighted by Gasteiger charge is 2.12. The van der Waals surface area contributed by atoms with Crippen LogP contribution >= 0.6 is 15.9 Å². The number of para-hydroxylation sites is 1.